The van der Waals surface area contributed by atoms with Gasteiger partial charge in [0.05, 0.1) is 0 Å². The van der Waals surface area contributed by atoms with E-state index in [1.165, 1.54) is 0 Å². The molecule has 0 saturated carbocycles. The maximum atomic E-state index is 12.4. The first-order valence-corrected chi connectivity index (χ1v) is 8.49. The Morgan fingerprint density at radius 2 is 1.74 bits per heavy atom. The van der Waals surface area contributed by atoms with Crippen LogP contribution in [0, 0.1) is 5.92 Å². The summed E-state index contributed by atoms with van der Waals surface area (Å²) in [4.78, 5) is 46.6. The quantitative estimate of drug-likeness (QED) is 0.472. The Labute approximate surface area is 157 Å². The number of nitrogens with one attached hydrogen (secondary N) is 2. The summed E-state index contributed by atoms with van der Waals surface area (Å²) in [6.45, 7) is 3.28. The Bertz CT molecular complexity index is 662. The number of alkyl carbamates (subject to hydrolysis) is 1. The van der Waals surface area contributed by atoms with E-state index < -0.39 is 36.0 Å². The summed E-state index contributed by atoms with van der Waals surface area (Å²) in [5, 5.41) is 13.9. The van der Waals surface area contributed by atoms with Gasteiger partial charge in [0.15, 0.2) is 0 Å². The smallest absolute Gasteiger partial charge is 0.408 e. The molecular weight excluding hydrogens is 354 g/mol. The van der Waals surface area contributed by atoms with Crippen LogP contribution in [0.25, 0.3) is 0 Å². The highest BCUT2D eigenvalue weighted by atomic mass is 16.5. The van der Waals surface area contributed by atoms with E-state index in [1.54, 1.807) is 38.1 Å². The molecule has 0 saturated heterocycles. The SMILES string of the molecule is CC(C)[C@H](NC(=O)[C@@H](CCC(N)=O)NC(=O)OCc1ccccc1)C(=O)O. The van der Waals surface area contributed by atoms with Gasteiger partial charge in [-0.2, -0.15) is 0 Å². The second kappa shape index (κ2) is 10.8. The molecule has 0 radical (unpaired) electrons. The van der Waals surface area contributed by atoms with Crippen LogP contribution in [0.4, 0.5) is 4.79 Å². The normalized spacial score (nSPS) is 12.7. The Morgan fingerprint density at radius 1 is 1.11 bits per heavy atom. The van der Waals surface area contributed by atoms with Crippen molar-refractivity contribution in [2.75, 3.05) is 0 Å². The van der Waals surface area contributed by atoms with Crippen LogP contribution < -0.4 is 16.4 Å². The molecule has 5 N–H and O–H groups in total. The Balaban J connectivity index is 2.71. The molecule has 0 aliphatic rings. The molecule has 0 unspecified atom stereocenters. The molecule has 27 heavy (non-hydrogen) atoms. The van der Waals surface area contributed by atoms with Crippen molar-refractivity contribution in [3.05, 3.63) is 35.9 Å². The fourth-order valence-electron chi connectivity index (χ4n) is 2.23. The topological polar surface area (TPSA) is 148 Å². The summed E-state index contributed by atoms with van der Waals surface area (Å²) in [5.41, 5.74) is 5.86. The molecule has 0 spiro atoms. The molecule has 0 fully saturated rings. The molecule has 3 amide bonds. The predicted octanol–water partition coefficient (Wildman–Crippen LogP) is 0.772. The number of primary amides is 1. The first-order valence-electron chi connectivity index (χ1n) is 8.49. The van der Waals surface area contributed by atoms with E-state index >= 15 is 0 Å². The maximum Gasteiger partial charge on any atom is 0.408 e. The van der Waals surface area contributed by atoms with Crippen LogP contribution in [-0.4, -0.2) is 41.1 Å². The zero-order chi connectivity index (χ0) is 20.4. The monoisotopic (exact) mass is 379 g/mol. The number of benzene rings is 1. The number of aliphatic carboxylic acids is 1. The van der Waals surface area contributed by atoms with E-state index in [9.17, 15) is 24.3 Å². The molecule has 9 heteroatoms. The predicted molar refractivity (Wildman–Crippen MR) is 96.4 cm³/mol. The van der Waals surface area contributed by atoms with Crippen LogP contribution in [-0.2, 0) is 25.7 Å². The Hall–Kier alpha value is -3.10. The van der Waals surface area contributed by atoms with Crippen LogP contribution in [0.15, 0.2) is 30.3 Å². The van der Waals surface area contributed by atoms with Gasteiger partial charge in [-0.05, 0) is 17.9 Å². The third-order valence-corrected chi connectivity index (χ3v) is 3.73. The van der Waals surface area contributed by atoms with Crippen molar-refractivity contribution < 1.29 is 29.0 Å². The molecule has 0 bridgehead atoms. The van der Waals surface area contributed by atoms with Crippen molar-refractivity contribution in [3.8, 4) is 0 Å². The van der Waals surface area contributed by atoms with Crippen molar-refractivity contribution in [2.45, 2.75) is 45.4 Å². The lowest BCUT2D eigenvalue weighted by Gasteiger charge is -2.22. The van der Waals surface area contributed by atoms with E-state index in [2.05, 4.69) is 10.6 Å². The number of hydrogen-bond acceptors (Lipinski definition) is 5. The van der Waals surface area contributed by atoms with Crippen molar-refractivity contribution >= 4 is 23.9 Å². The third kappa shape index (κ3) is 8.21. The molecule has 9 nitrogen and oxygen atoms in total. The van der Waals surface area contributed by atoms with Gasteiger partial charge in [-0.15, -0.1) is 0 Å². The minimum Gasteiger partial charge on any atom is -0.480 e. The van der Waals surface area contributed by atoms with Gasteiger partial charge in [0, 0.05) is 6.42 Å². The molecular formula is C18H25N3O6. The van der Waals surface area contributed by atoms with Gasteiger partial charge in [-0.25, -0.2) is 9.59 Å². The Morgan fingerprint density at radius 3 is 2.26 bits per heavy atom. The molecule has 2 atom stereocenters. The van der Waals surface area contributed by atoms with Crippen LogP contribution in [0.1, 0.15) is 32.3 Å². The van der Waals surface area contributed by atoms with E-state index in [0.717, 1.165) is 5.56 Å². The lowest BCUT2D eigenvalue weighted by atomic mass is 10.0. The van der Waals surface area contributed by atoms with Gasteiger partial charge >= 0.3 is 12.1 Å². The van der Waals surface area contributed by atoms with E-state index in [1.807, 2.05) is 6.07 Å². The van der Waals surface area contributed by atoms with Crippen LogP contribution in [0.2, 0.25) is 0 Å². The van der Waals surface area contributed by atoms with Gasteiger partial charge < -0.3 is 26.2 Å². The maximum absolute atomic E-state index is 12.4. The van der Waals surface area contributed by atoms with Gasteiger partial charge in [-0.1, -0.05) is 44.2 Å². The van der Waals surface area contributed by atoms with Crippen molar-refractivity contribution in [2.24, 2.45) is 11.7 Å². The zero-order valence-corrected chi connectivity index (χ0v) is 15.3. The first-order chi connectivity index (χ1) is 12.7. The number of carbonyl (C=O) groups is 4. The molecule has 148 valence electrons. The minimum atomic E-state index is -1.20. The van der Waals surface area contributed by atoms with Crippen LogP contribution in [0.3, 0.4) is 0 Å². The highest BCUT2D eigenvalue weighted by Gasteiger charge is 2.29. The number of carboxylic acid groups (broad SMARTS) is 1. The van der Waals surface area contributed by atoms with E-state index in [4.69, 9.17) is 10.5 Å². The minimum absolute atomic E-state index is 0.000572. The zero-order valence-electron chi connectivity index (χ0n) is 15.3. The summed E-state index contributed by atoms with van der Waals surface area (Å²) in [6, 6.07) is 6.66. The number of nitrogens with two attached hydrogens (primary N) is 1. The van der Waals surface area contributed by atoms with Gasteiger partial charge in [0.1, 0.15) is 18.7 Å². The molecule has 0 heterocycles. The number of hydrogen-bond donors (Lipinski definition) is 4. The summed E-state index contributed by atoms with van der Waals surface area (Å²) < 4.78 is 5.05. The van der Waals surface area contributed by atoms with E-state index in [-0.39, 0.29) is 25.4 Å². The van der Waals surface area contributed by atoms with Crippen molar-refractivity contribution in [1.82, 2.24) is 10.6 Å². The fraction of sp³-hybridized carbons (Fsp3) is 0.444. The number of carbonyl (C=O) groups excluding carboxylic acids is 3. The lowest BCUT2D eigenvalue weighted by Crippen LogP contribution is -2.53. The lowest BCUT2D eigenvalue weighted by molar-refractivity contribution is -0.143. The largest absolute Gasteiger partial charge is 0.480 e. The molecule has 0 aromatic heterocycles. The molecule has 1 aromatic carbocycles. The van der Waals surface area contributed by atoms with E-state index in [0.29, 0.717) is 0 Å². The molecule has 1 rings (SSSR count). The summed E-state index contributed by atoms with van der Waals surface area (Å²) in [5.74, 6) is -2.94. The molecule has 1 aromatic rings. The summed E-state index contributed by atoms with van der Waals surface area (Å²) in [7, 11) is 0. The highest BCUT2D eigenvalue weighted by Crippen LogP contribution is 2.06. The van der Waals surface area contributed by atoms with Gasteiger partial charge in [0.25, 0.3) is 0 Å². The number of ether oxygens (including phenoxy) is 1. The van der Waals surface area contributed by atoms with Gasteiger partial charge in [-0.3, -0.25) is 9.59 Å². The van der Waals surface area contributed by atoms with Gasteiger partial charge in [0.2, 0.25) is 11.8 Å². The standard InChI is InChI=1S/C18H25N3O6/c1-11(2)15(17(24)25)21-16(23)13(8-9-14(19)22)20-18(26)27-10-12-6-4-3-5-7-12/h3-7,11,13,15H,8-10H2,1-2H3,(H2,19,22)(H,20,26)(H,21,23)(H,24,25)/t13-,15+/m1/s1. The van der Waals surface area contributed by atoms with Crippen LogP contribution >= 0.6 is 0 Å². The average molecular weight is 379 g/mol. The third-order valence-electron chi connectivity index (χ3n) is 3.73. The molecule has 0 aliphatic heterocycles. The Kier molecular flexibility index (Phi) is 8.77. The summed E-state index contributed by atoms with van der Waals surface area (Å²) >= 11 is 0. The molecule has 0 aliphatic carbocycles. The second-order valence-electron chi connectivity index (χ2n) is 6.33. The number of rotatable bonds is 10. The second-order valence-corrected chi connectivity index (χ2v) is 6.33. The highest BCUT2D eigenvalue weighted by molar-refractivity contribution is 5.89. The fourth-order valence-corrected chi connectivity index (χ4v) is 2.23. The average Bonchev–Trinajstić information content (AvgIpc) is 2.61. The summed E-state index contributed by atoms with van der Waals surface area (Å²) in [6.07, 6.45) is -1.09. The van der Waals surface area contributed by atoms with Crippen LogP contribution in [0.5, 0.6) is 0 Å². The van der Waals surface area contributed by atoms with Crippen molar-refractivity contribution in [1.29, 1.82) is 0 Å². The first kappa shape index (κ1) is 21.9. The number of carboxylic acids is 1. The van der Waals surface area contributed by atoms with Crippen molar-refractivity contribution in [3.63, 3.8) is 0 Å². The number of amides is 3.